The molecule has 0 radical (unpaired) electrons. The van der Waals surface area contributed by atoms with Crippen molar-refractivity contribution in [3.63, 3.8) is 0 Å². The number of aryl methyl sites for hydroxylation is 1. The molecule has 3 heterocycles. The van der Waals surface area contributed by atoms with Gasteiger partial charge in [0.1, 0.15) is 17.6 Å². The number of anilines is 2. The highest BCUT2D eigenvalue weighted by Gasteiger charge is 2.09. The summed E-state index contributed by atoms with van der Waals surface area (Å²) in [6, 6.07) is 9.56. The number of hydrogen-bond donors (Lipinski definition) is 1. The van der Waals surface area contributed by atoms with Crippen molar-refractivity contribution in [1.82, 2.24) is 29.3 Å². The van der Waals surface area contributed by atoms with Gasteiger partial charge in [-0.25, -0.2) is 9.97 Å². The van der Waals surface area contributed by atoms with Crippen LogP contribution in [0.2, 0.25) is 0 Å². The number of ether oxygens (including phenoxy) is 1. The van der Waals surface area contributed by atoms with Crippen molar-refractivity contribution in [2.24, 2.45) is 7.05 Å². The van der Waals surface area contributed by atoms with Gasteiger partial charge in [0.05, 0.1) is 13.3 Å². The predicted molar refractivity (Wildman–Crippen MR) is 89.7 cm³/mol. The van der Waals surface area contributed by atoms with Gasteiger partial charge in [0.25, 0.3) is 0 Å². The molecule has 0 fully saturated rings. The van der Waals surface area contributed by atoms with E-state index in [1.54, 1.807) is 24.3 Å². The molecule has 0 bridgehead atoms. The maximum Gasteiger partial charge on any atom is 0.230 e. The number of nitrogens with one attached hydrogen (secondary N) is 1. The third kappa shape index (κ3) is 2.54. The summed E-state index contributed by atoms with van der Waals surface area (Å²) in [5.41, 5.74) is 2.38. The summed E-state index contributed by atoms with van der Waals surface area (Å²) in [5, 5.41) is 7.35. The number of benzene rings is 1. The van der Waals surface area contributed by atoms with Crippen LogP contribution in [0.1, 0.15) is 0 Å². The van der Waals surface area contributed by atoms with E-state index in [1.807, 2.05) is 48.1 Å². The molecule has 4 aromatic rings. The Bertz CT molecular complexity index is 987. The monoisotopic (exact) mass is 321 g/mol. The average molecular weight is 321 g/mol. The van der Waals surface area contributed by atoms with Crippen molar-refractivity contribution in [2.75, 3.05) is 12.4 Å². The van der Waals surface area contributed by atoms with E-state index < -0.39 is 0 Å². The summed E-state index contributed by atoms with van der Waals surface area (Å²) in [6.07, 6.45) is 5.27. The summed E-state index contributed by atoms with van der Waals surface area (Å²) >= 11 is 0. The lowest BCUT2D eigenvalue weighted by molar-refractivity contribution is 0.415. The Hall–Kier alpha value is -3.42. The van der Waals surface area contributed by atoms with E-state index in [4.69, 9.17) is 4.74 Å². The van der Waals surface area contributed by atoms with Crippen molar-refractivity contribution in [1.29, 1.82) is 0 Å². The molecule has 0 aliphatic carbocycles. The van der Waals surface area contributed by atoms with Crippen LogP contribution >= 0.6 is 0 Å². The molecular formula is C16H15N7O. The van der Waals surface area contributed by atoms with Crippen molar-refractivity contribution in [2.45, 2.75) is 0 Å². The molecule has 1 aromatic carbocycles. The summed E-state index contributed by atoms with van der Waals surface area (Å²) in [4.78, 5) is 13.2. The topological polar surface area (TPSA) is 82.7 Å². The molecule has 8 nitrogen and oxygen atoms in total. The van der Waals surface area contributed by atoms with Gasteiger partial charge >= 0.3 is 0 Å². The van der Waals surface area contributed by atoms with E-state index in [9.17, 15) is 0 Å². The molecule has 4 rings (SSSR count). The molecule has 24 heavy (non-hydrogen) atoms. The minimum atomic E-state index is 0.469. The predicted octanol–water partition coefficient (Wildman–Crippen LogP) is 2.30. The van der Waals surface area contributed by atoms with Crippen LogP contribution in [0.3, 0.4) is 0 Å². The standard InChI is InChI=1S/C16H15N7O/c1-22-8-7-14(21-22)19-16-17-9-13-15(20-16)23(10-18-13)11-3-5-12(24-2)6-4-11/h3-10H,1-2H3,(H,17,19,20,21). The SMILES string of the molecule is COc1ccc(-n2cnc3cnc(Nc4ccn(C)n4)nc32)cc1. The zero-order valence-corrected chi connectivity index (χ0v) is 13.2. The number of rotatable bonds is 4. The normalized spacial score (nSPS) is 10.9. The van der Waals surface area contributed by atoms with E-state index >= 15 is 0 Å². The summed E-state index contributed by atoms with van der Waals surface area (Å²) in [7, 11) is 3.50. The Morgan fingerprint density at radius 3 is 2.62 bits per heavy atom. The van der Waals surface area contributed by atoms with E-state index in [-0.39, 0.29) is 0 Å². The first-order valence-corrected chi connectivity index (χ1v) is 7.34. The van der Waals surface area contributed by atoms with E-state index in [0.717, 1.165) is 17.0 Å². The quantitative estimate of drug-likeness (QED) is 0.621. The molecule has 120 valence electrons. The first-order chi connectivity index (χ1) is 11.7. The fourth-order valence-corrected chi connectivity index (χ4v) is 2.40. The van der Waals surface area contributed by atoms with Crippen LogP contribution in [0, 0.1) is 0 Å². The van der Waals surface area contributed by atoms with Gasteiger partial charge in [0.2, 0.25) is 5.95 Å². The number of imidazole rings is 1. The van der Waals surface area contributed by atoms with Gasteiger partial charge < -0.3 is 10.1 Å². The second-order valence-corrected chi connectivity index (χ2v) is 5.21. The highest BCUT2D eigenvalue weighted by Crippen LogP contribution is 2.20. The molecule has 0 aliphatic heterocycles. The molecular weight excluding hydrogens is 306 g/mol. The third-order valence-corrected chi connectivity index (χ3v) is 3.59. The van der Waals surface area contributed by atoms with E-state index in [0.29, 0.717) is 17.4 Å². The molecule has 3 aromatic heterocycles. The lowest BCUT2D eigenvalue weighted by atomic mass is 10.3. The molecule has 0 saturated carbocycles. The van der Waals surface area contributed by atoms with Crippen molar-refractivity contribution >= 4 is 22.9 Å². The Morgan fingerprint density at radius 2 is 1.92 bits per heavy atom. The molecule has 1 N–H and O–H groups in total. The zero-order valence-electron chi connectivity index (χ0n) is 13.2. The number of nitrogens with zero attached hydrogens (tertiary/aromatic N) is 6. The van der Waals surface area contributed by atoms with Gasteiger partial charge in [-0.3, -0.25) is 9.25 Å². The molecule has 0 unspecified atom stereocenters. The fourth-order valence-electron chi connectivity index (χ4n) is 2.40. The van der Waals surface area contributed by atoms with Gasteiger partial charge in [0, 0.05) is 25.0 Å². The summed E-state index contributed by atoms with van der Waals surface area (Å²) in [6.45, 7) is 0. The molecule has 0 aliphatic rings. The van der Waals surface area contributed by atoms with Crippen LogP contribution in [0.4, 0.5) is 11.8 Å². The Morgan fingerprint density at radius 1 is 1.08 bits per heavy atom. The highest BCUT2D eigenvalue weighted by atomic mass is 16.5. The Balaban J connectivity index is 1.72. The summed E-state index contributed by atoms with van der Waals surface area (Å²) < 4.78 is 8.81. The highest BCUT2D eigenvalue weighted by molar-refractivity contribution is 5.73. The van der Waals surface area contributed by atoms with Gasteiger partial charge in [-0.1, -0.05) is 0 Å². The number of methoxy groups -OCH3 is 1. The van der Waals surface area contributed by atoms with Crippen LogP contribution < -0.4 is 10.1 Å². The van der Waals surface area contributed by atoms with Gasteiger partial charge in [-0.2, -0.15) is 10.1 Å². The van der Waals surface area contributed by atoms with Gasteiger partial charge in [-0.15, -0.1) is 0 Å². The molecule has 0 amide bonds. The zero-order chi connectivity index (χ0) is 16.5. The van der Waals surface area contributed by atoms with Gasteiger partial charge in [0.15, 0.2) is 11.5 Å². The van der Waals surface area contributed by atoms with Crippen LogP contribution in [0.25, 0.3) is 16.9 Å². The van der Waals surface area contributed by atoms with Crippen molar-refractivity contribution in [3.8, 4) is 11.4 Å². The lowest BCUT2D eigenvalue weighted by Crippen LogP contribution is -2.01. The first-order valence-electron chi connectivity index (χ1n) is 7.34. The third-order valence-electron chi connectivity index (χ3n) is 3.59. The number of aromatic nitrogens is 6. The molecule has 8 heteroatoms. The second-order valence-electron chi connectivity index (χ2n) is 5.21. The molecule has 0 spiro atoms. The number of hydrogen-bond acceptors (Lipinski definition) is 6. The van der Waals surface area contributed by atoms with E-state index in [1.165, 1.54) is 0 Å². The van der Waals surface area contributed by atoms with Crippen LogP contribution in [-0.4, -0.2) is 36.4 Å². The van der Waals surface area contributed by atoms with Crippen LogP contribution in [-0.2, 0) is 7.05 Å². The minimum absolute atomic E-state index is 0.469. The second kappa shape index (κ2) is 5.65. The van der Waals surface area contributed by atoms with Crippen LogP contribution in [0.5, 0.6) is 5.75 Å². The first kappa shape index (κ1) is 14.2. The Labute approximate surface area is 137 Å². The molecule has 0 saturated heterocycles. The minimum Gasteiger partial charge on any atom is -0.497 e. The Kier molecular flexibility index (Phi) is 3.34. The average Bonchev–Trinajstić information content (AvgIpc) is 3.21. The maximum absolute atomic E-state index is 5.19. The largest absolute Gasteiger partial charge is 0.497 e. The molecule has 0 atom stereocenters. The number of fused-ring (bicyclic) bond motifs is 1. The lowest BCUT2D eigenvalue weighted by Gasteiger charge is -2.06. The van der Waals surface area contributed by atoms with Crippen molar-refractivity contribution < 1.29 is 4.74 Å². The smallest absolute Gasteiger partial charge is 0.230 e. The summed E-state index contributed by atoms with van der Waals surface area (Å²) in [5.74, 6) is 1.96. The van der Waals surface area contributed by atoms with Gasteiger partial charge in [-0.05, 0) is 24.3 Å². The fraction of sp³-hybridized carbons (Fsp3) is 0.125. The maximum atomic E-state index is 5.19. The van der Waals surface area contributed by atoms with E-state index in [2.05, 4.69) is 25.4 Å². The van der Waals surface area contributed by atoms with Crippen molar-refractivity contribution in [3.05, 3.63) is 49.1 Å². The van der Waals surface area contributed by atoms with Crippen LogP contribution in [0.15, 0.2) is 49.1 Å².